The number of thiophene rings is 1. The molecule has 106 valence electrons. The number of nitrogen functional groups attached to an aromatic ring is 1. The highest BCUT2D eigenvalue weighted by molar-refractivity contribution is 7.09. The molecule has 4 heteroatoms. The number of benzene rings is 1. The summed E-state index contributed by atoms with van der Waals surface area (Å²) in [6, 6.07) is 9.84. The van der Waals surface area contributed by atoms with E-state index >= 15 is 0 Å². The zero-order valence-electron chi connectivity index (χ0n) is 12.1. The minimum atomic E-state index is -0.0217. The summed E-state index contributed by atoms with van der Waals surface area (Å²) in [4.78, 5) is 15.5. The fraction of sp³-hybridized carbons (Fsp3) is 0.312. The van der Waals surface area contributed by atoms with E-state index in [-0.39, 0.29) is 11.9 Å². The van der Waals surface area contributed by atoms with Crippen LogP contribution in [0.1, 0.15) is 27.7 Å². The molecule has 1 atom stereocenters. The van der Waals surface area contributed by atoms with Crippen molar-refractivity contribution in [2.75, 3.05) is 12.8 Å². The van der Waals surface area contributed by atoms with Crippen molar-refractivity contribution in [1.82, 2.24) is 4.90 Å². The third-order valence-corrected chi connectivity index (χ3v) is 4.39. The molecule has 0 saturated heterocycles. The van der Waals surface area contributed by atoms with Crippen LogP contribution in [0.25, 0.3) is 0 Å². The second-order valence-electron chi connectivity index (χ2n) is 5.14. The Hall–Kier alpha value is -1.81. The summed E-state index contributed by atoms with van der Waals surface area (Å²) in [7, 11) is 1.83. The van der Waals surface area contributed by atoms with Crippen molar-refractivity contribution in [2.24, 2.45) is 0 Å². The molecule has 1 unspecified atom stereocenters. The van der Waals surface area contributed by atoms with Gasteiger partial charge < -0.3 is 10.6 Å². The van der Waals surface area contributed by atoms with E-state index < -0.39 is 0 Å². The summed E-state index contributed by atoms with van der Waals surface area (Å²) < 4.78 is 0. The molecule has 0 aliphatic rings. The van der Waals surface area contributed by atoms with E-state index in [4.69, 9.17) is 5.73 Å². The van der Waals surface area contributed by atoms with Crippen molar-refractivity contribution in [3.63, 3.8) is 0 Å². The standard InChI is InChI=1S/C16H20N2OS/c1-11-6-7-14(15(17)9-11)16(19)18(3)12(2)10-13-5-4-8-20-13/h4-9,12H,10,17H2,1-3H3. The number of nitrogens with two attached hydrogens (primary N) is 1. The molecule has 2 N–H and O–H groups in total. The molecule has 1 aromatic carbocycles. The molecule has 2 aromatic rings. The number of amides is 1. The molecule has 0 aliphatic heterocycles. The molecular formula is C16H20N2OS. The van der Waals surface area contributed by atoms with Crippen molar-refractivity contribution < 1.29 is 4.79 Å². The minimum absolute atomic E-state index is 0.0217. The smallest absolute Gasteiger partial charge is 0.255 e. The van der Waals surface area contributed by atoms with Gasteiger partial charge in [0.1, 0.15) is 0 Å². The fourth-order valence-corrected chi connectivity index (χ4v) is 2.95. The highest BCUT2D eigenvalue weighted by Crippen LogP contribution is 2.19. The molecular weight excluding hydrogens is 268 g/mol. The van der Waals surface area contributed by atoms with E-state index in [0.717, 1.165) is 12.0 Å². The Bertz CT molecular complexity index is 593. The van der Waals surface area contributed by atoms with Gasteiger partial charge in [0, 0.05) is 30.1 Å². The summed E-state index contributed by atoms with van der Waals surface area (Å²) in [5, 5.41) is 2.06. The van der Waals surface area contributed by atoms with Gasteiger partial charge in [-0.3, -0.25) is 4.79 Å². The lowest BCUT2D eigenvalue weighted by molar-refractivity contribution is 0.0745. The first-order chi connectivity index (χ1) is 9.49. The van der Waals surface area contributed by atoms with Gasteiger partial charge in [-0.2, -0.15) is 0 Å². The van der Waals surface area contributed by atoms with Gasteiger partial charge in [-0.1, -0.05) is 12.1 Å². The Balaban J connectivity index is 2.11. The lowest BCUT2D eigenvalue weighted by Crippen LogP contribution is -2.36. The van der Waals surface area contributed by atoms with Gasteiger partial charge in [-0.05, 0) is 43.0 Å². The first-order valence-electron chi connectivity index (χ1n) is 6.64. The molecule has 0 aliphatic carbocycles. The molecule has 0 bridgehead atoms. The van der Waals surface area contributed by atoms with Crippen LogP contribution in [-0.2, 0) is 6.42 Å². The van der Waals surface area contributed by atoms with Gasteiger partial charge in [0.05, 0.1) is 5.56 Å². The second kappa shape index (κ2) is 6.09. The lowest BCUT2D eigenvalue weighted by Gasteiger charge is -2.25. The summed E-state index contributed by atoms with van der Waals surface area (Å²) in [5.41, 5.74) is 8.14. The number of anilines is 1. The van der Waals surface area contributed by atoms with E-state index in [1.807, 2.05) is 32.2 Å². The van der Waals surface area contributed by atoms with E-state index in [0.29, 0.717) is 11.3 Å². The first-order valence-corrected chi connectivity index (χ1v) is 7.52. The number of rotatable bonds is 4. The maximum absolute atomic E-state index is 12.5. The molecule has 0 spiro atoms. The Labute approximate surface area is 124 Å². The van der Waals surface area contributed by atoms with Gasteiger partial charge in [-0.25, -0.2) is 0 Å². The highest BCUT2D eigenvalue weighted by atomic mass is 32.1. The van der Waals surface area contributed by atoms with Gasteiger partial charge in [0.25, 0.3) is 5.91 Å². The Morgan fingerprint density at radius 2 is 2.15 bits per heavy atom. The normalized spacial score (nSPS) is 12.2. The molecule has 1 amide bonds. The van der Waals surface area contributed by atoms with Crippen molar-refractivity contribution in [2.45, 2.75) is 26.3 Å². The van der Waals surface area contributed by atoms with Gasteiger partial charge in [0.15, 0.2) is 0 Å². The van der Waals surface area contributed by atoms with Gasteiger partial charge >= 0.3 is 0 Å². The zero-order valence-corrected chi connectivity index (χ0v) is 12.9. The number of hydrogen-bond donors (Lipinski definition) is 1. The van der Waals surface area contributed by atoms with Crippen molar-refractivity contribution in [1.29, 1.82) is 0 Å². The Kier molecular flexibility index (Phi) is 4.45. The summed E-state index contributed by atoms with van der Waals surface area (Å²) in [6.45, 7) is 4.02. The molecule has 0 radical (unpaired) electrons. The molecule has 3 nitrogen and oxygen atoms in total. The summed E-state index contributed by atoms with van der Waals surface area (Å²) in [5.74, 6) is -0.0217. The number of likely N-dealkylation sites (N-methyl/N-ethyl adjacent to an activating group) is 1. The predicted molar refractivity (Wildman–Crippen MR) is 85.2 cm³/mol. The summed E-state index contributed by atoms with van der Waals surface area (Å²) >= 11 is 1.72. The van der Waals surface area contributed by atoms with E-state index in [9.17, 15) is 4.79 Å². The molecule has 0 saturated carbocycles. The number of aryl methyl sites for hydroxylation is 1. The fourth-order valence-electron chi connectivity index (χ4n) is 2.12. The number of carbonyl (C=O) groups excluding carboxylic acids is 1. The monoisotopic (exact) mass is 288 g/mol. The number of nitrogens with zero attached hydrogens (tertiary/aromatic N) is 1. The summed E-state index contributed by atoms with van der Waals surface area (Å²) in [6.07, 6.45) is 0.867. The van der Waals surface area contributed by atoms with Crippen LogP contribution in [0.5, 0.6) is 0 Å². The third-order valence-electron chi connectivity index (χ3n) is 3.50. The van der Waals surface area contributed by atoms with E-state index in [1.165, 1.54) is 4.88 Å². The van der Waals surface area contributed by atoms with Crippen LogP contribution >= 0.6 is 11.3 Å². The Morgan fingerprint density at radius 1 is 1.40 bits per heavy atom. The number of hydrogen-bond acceptors (Lipinski definition) is 3. The number of carbonyl (C=O) groups is 1. The van der Waals surface area contributed by atoms with Crippen LogP contribution in [0.3, 0.4) is 0 Å². The maximum atomic E-state index is 12.5. The first kappa shape index (κ1) is 14.6. The van der Waals surface area contributed by atoms with Gasteiger partial charge in [0.2, 0.25) is 0 Å². The molecule has 1 heterocycles. The predicted octanol–water partition coefficient (Wildman–Crippen LogP) is 3.34. The van der Waals surface area contributed by atoms with Crippen LogP contribution in [0, 0.1) is 6.92 Å². The van der Waals surface area contributed by atoms with Crippen molar-refractivity contribution in [3.05, 3.63) is 51.7 Å². The second-order valence-corrected chi connectivity index (χ2v) is 6.17. The molecule has 2 rings (SSSR count). The third kappa shape index (κ3) is 3.20. The van der Waals surface area contributed by atoms with Crippen LogP contribution in [-0.4, -0.2) is 23.9 Å². The van der Waals surface area contributed by atoms with E-state index in [2.05, 4.69) is 18.4 Å². The zero-order chi connectivity index (χ0) is 14.7. The Morgan fingerprint density at radius 3 is 2.75 bits per heavy atom. The average molecular weight is 288 g/mol. The molecule has 20 heavy (non-hydrogen) atoms. The van der Waals surface area contributed by atoms with Gasteiger partial charge in [-0.15, -0.1) is 11.3 Å². The quantitative estimate of drug-likeness (QED) is 0.877. The average Bonchev–Trinajstić information content (AvgIpc) is 2.90. The van der Waals surface area contributed by atoms with Crippen molar-refractivity contribution in [3.8, 4) is 0 Å². The molecule has 1 aromatic heterocycles. The maximum Gasteiger partial charge on any atom is 0.255 e. The van der Waals surface area contributed by atoms with E-state index in [1.54, 1.807) is 22.3 Å². The SMILES string of the molecule is Cc1ccc(C(=O)N(C)C(C)Cc2cccs2)c(N)c1. The highest BCUT2D eigenvalue weighted by Gasteiger charge is 2.19. The van der Waals surface area contributed by atoms with Crippen molar-refractivity contribution >= 4 is 22.9 Å². The molecule has 0 fully saturated rings. The van der Waals surface area contributed by atoms with Crippen LogP contribution in [0.2, 0.25) is 0 Å². The lowest BCUT2D eigenvalue weighted by atomic mass is 10.1. The minimum Gasteiger partial charge on any atom is -0.398 e. The topological polar surface area (TPSA) is 46.3 Å². The van der Waals surface area contributed by atoms with Crippen LogP contribution in [0.4, 0.5) is 5.69 Å². The largest absolute Gasteiger partial charge is 0.398 e. The van der Waals surface area contributed by atoms with Crippen LogP contribution in [0.15, 0.2) is 35.7 Å². The van der Waals surface area contributed by atoms with Crippen LogP contribution < -0.4 is 5.73 Å².